The first-order chi connectivity index (χ1) is 10.1. The molecule has 21 heavy (non-hydrogen) atoms. The van der Waals surface area contributed by atoms with Gasteiger partial charge in [-0.1, -0.05) is 6.92 Å². The van der Waals surface area contributed by atoms with Crippen LogP contribution in [-0.4, -0.2) is 48.8 Å². The molecule has 1 saturated heterocycles. The van der Waals surface area contributed by atoms with Gasteiger partial charge in [-0.15, -0.1) is 0 Å². The van der Waals surface area contributed by atoms with Crippen LogP contribution in [0.2, 0.25) is 0 Å². The minimum Gasteiger partial charge on any atom is -0.467 e. The summed E-state index contributed by atoms with van der Waals surface area (Å²) in [4.78, 5) is 14.0. The Morgan fingerprint density at radius 3 is 2.90 bits per heavy atom. The summed E-state index contributed by atoms with van der Waals surface area (Å²) in [6.45, 7) is 6.15. The van der Waals surface area contributed by atoms with Gasteiger partial charge in [0.25, 0.3) is 0 Å². The van der Waals surface area contributed by atoms with Crippen molar-refractivity contribution in [1.29, 1.82) is 0 Å². The fourth-order valence-electron chi connectivity index (χ4n) is 2.45. The Kier molecular flexibility index (Phi) is 6.07. The molecular weight excluding hydrogens is 270 g/mol. The Morgan fingerprint density at radius 1 is 1.48 bits per heavy atom. The molecule has 1 aliphatic rings. The van der Waals surface area contributed by atoms with E-state index in [4.69, 9.17) is 4.42 Å². The van der Waals surface area contributed by atoms with E-state index in [-0.39, 0.29) is 12.6 Å². The first-order valence-corrected chi connectivity index (χ1v) is 7.60. The number of carbonyl (C=O) groups excluding carboxylic acids is 1. The molecule has 1 aliphatic heterocycles. The largest absolute Gasteiger partial charge is 0.467 e. The molecule has 6 nitrogen and oxygen atoms in total. The van der Waals surface area contributed by atoms with E-state index in [9.17, 15) is 9.90 Å². The van der Waals surface area contributed by atoms with Crippen molar-refractivity contribution in [2.24, 2.45) is 5.92 Å². The molecule has 0 saturated carbocycles. The quantitative estimate of drug-likeness (QED) is 0.740. The van der Waals surface area contributed by atoms with E-state index in [1.807, 2.05) is 0 Å². The molecule has 0 spiro atoms. The number of hydrogen-bond donors (Lipinski definition) is 3. The number of aliphatic hydroxyl groups excluding tert-OH is 1. The molecule has 2 amide bonds. The average Bonchev–Trinajstić information content (AvgIpc) is 3.01. The predicted molar refractivity (Wildman–Crippen MR) is 79.9 cm³/mol. The minimum atomic E-state index is -0.811. The topological polar surface area (TPSA) is 77.7 Å². The second-order valence-corrected chi connectivity index (χ2v) is 5.69. The number of nitrogens with one attached hydrogen (secondary N) is 2. The number of urea groups is 1. The van der Waals surface area contributed by atoms with E-state index in [1.165, 1.54) is 19.1 Å². The molecule has 0 bridgehead atoms. The SMILES string of the molecule is CC1CCN(CCNC(=O)NCC(O)c2ccco2)CC1. The third-order valence-electron chi connectivity index (χ3n) is 3.92. The highest BCUT2D eigenvalue weighted by atomic mass is 16.4. The van der Waals surface area contributed by atoms with Crippen molar-refractivity contribution in [3.05, 3.63) is 24.2 Å². The lowest BCUT2D eigenvalue weighted by Gasteiger charge is -2.30. The van der Waals surface area contributed by atoms with Gasteiger partial charge in [-0.05, 0) is 44.0 Å². The van der Waals surface area contributed by atoms with Crippen LogP contribution in [0.1, 0.15) is 31.6 Å². The summed E-state index contributed by atoms with van der Waals surface area (Å²) in [5.41, 5.74) is 0. The Balaban J connectivity index is 1.55. The summed E-state index contributed by atoms with van der Waals surface area (Å²) in [7, 11) is 0. The first kappa shape index (κ1) is 15.9. The maximum Gasteiger partial charge on any atom is 0.314 e. The number of rotatable bonds is 6. The summed E-state index contributed by atoms with van der Waals surface area (Å²) in [6, 6.07) is 3.13. The Bertz CT molecular complexity index is 414. The highest BCUT2D eigenvalue weighted by molar-refractivity contribution is 5.73. The van der Waals surface area contributed by atoms with E-state index in [1.54, 1.807) is 12.1 Å². The third-order valence-corrected chi connectivity index (χ3v) is 3.92. The first-order valence-electron chi connectivity index (χ1n) is 7.60. The van der Waals surface area contributed by atoms with Crippen molar-refractivity contribution in [3.8, 4) is 0 Å². The van der Waals surface area contributed by atoms with Crippen molar-refractivity contribution in [1.82, 2.24) is 15.5 Å². The maximum atomic E-state index is 11.6. The standard InChI is InChI=1S/C15H25N3O3/c1-12-4-7-18(8-5-12)9-6-16-15(20)17-11-13(19)14-3-2-10-21-14/h2-3,10,12-13,19H,4-9,11H2,1H3,(H2,16,17,20). The number of aliphatic hydroxyl groups is 1. The van der Waals surface area contributed by atoms with E-state index in [2.05, 4.69) is 22.5 Å². The lowest BCUT2D eigenvalue weighted by Crippen LogP contribution is -2.43. The molecule has 1 unspecified atom stereocenters. The molecule has 1 aromatic heterocycles. The van der Waals surface area contributed by atoms with Crippen molar-refractivity contribution in [2.45, 2.75) is 25.9 Å². The van der Waals surface area contributed by atoms with Gasteiger partial charge in [0.05, 0.1) is 12.8 Å². The van der Waals surface area contributed by atoms with Gasteiger partial charge < -0.3 is 25.1 Å². The van der Waals surface area contributed by atoms with Crippen LogP contribution in [0.5, 0.6) is 0 Å². The van der Waals surface area contributed by atoms with Crippen LogP contribution in [0, 0.1) is 5.92 Å². The maximum absolute atomic E-state index is 11.6. The van der Waals surface area contributed by atoms with Gasteiger partial charge in [0.2, 0.25) is 0 Å². The van der Waals surface area contributed by atoms with Gasteiger partial charge in [-0.2, -0.15) is 0 Å². The molecule has 118 valence electrons. The molecule has 2 heterocycles. The van der Waals surface area contributed by atoms with Crippen molar-refractivity contribution in [2.75, 3.05) is 32.7 Å². The third kappa shape index (κ3) is 5.40. The number of hydrogen-bond acceptors (Lipinski definition) is 4. The summed E-state index contributed by atoms with van der Waals surface area (Å²) >= 11 is 0. The van der Waals surface area contributed by atoms with Gasteiger partial charge in [-0.3, -0.25) is 0 Å². The molecule has 6 heteroatoms. The normalized spacial score (nSPS) is 18.4. The summed E-state index contributed by atoms with van der Waals surface area (Å²) in [5.74, 6) is 1.28. The minimum absolute atomic E-state index is 0.139. The summed E-state index contributed by atoms with van der Waals surface area (Å²) in [6.07, 6.45) is 3.16. The molecule has 0 aromatic carbocycles. The number of carbonyl (C=O) groups is 1. The van der Waals surface area contributed by atoms with Crippen LogP contribution >= 0.6 is 0 Å². The Labute approximate surface area is 125 Å². The van der Waals surface area contributed by atoms with Crippen LogP contribution in [0.3, 0.4) is 0 Å². The molecule has 1 aromatic rings. The predicted octanol–water partition coefficient (Wildman–Crippen LogP) is 1.34. The van der Waals surface area contributed by atoms with Crippen molar-refractivity contribution < 1.29 is 14.3 Å². The van der Waals surface area contributed by atoms with Gasteiger partial charge in [0.15, 0.2) is 0 Å². The van der Waals surface area contributed by atoms with Crippen LogP contribution < -0.4 is 10.6 Å². The lowest BCUT2D eigenvalue weighted by atomic mass is 9.99. The van der Waals surface area contributed by atoms with Crippen molar-refractivity contribution >= 4 is 6.03 Å². The van der Waals surface area contributed by atoms with Crippen LogP contribution in [-0.2, 0) is 0 Å². The summed E-state index contributed by atoms with van der Waals surface area (Å²) < 4.78 is 5.07. The number of likely N-dealkylation sites (tertiary alicyclic amines) is 1. The molecule has 1 fully saturated rings. The Morgan fingerprint density at radius 2 is 2.24 bits per heavy atom. The summed E-state index contributed by atoms with van der Waals surface area (Å²) in [5, 5.41) is 15.2. The highest BCUT2D eigenvalue weighted by Crippen LogP contribution is 2.15. The lowest BCUT2D eigenvalue weighted by molar-refractivity contribution is 0.147. The van der Waals surface area contributed by atoms with E-state index in [0.29, 0.717) is 12.3 Å². The molecule has 1 atom stereocenters. The average molecular weight is 295 g/mol. The van der Waals surface area contributed by atoms with E-state index >= 15 is 0 Å². The van der Waals surface area contributed by atoms with Gasteiger partial charge in [0, 0.05) is 13.1 Å². The van der Waals surface area contributed by atoms with E-state index < -0.39 is 6.10 Å². The van der Waals surface area contributed by atoms with Crippen LogP contribution in [0.25, 0.3) is 0 Å². The molecule has 3 N–H and O–H groups in total. The van der Waals surface area contributed by atoms with Gasteiger partial charge in [0.1, 0.15) is 11.9 Å². The molecule has 0 aliphatic carbocycles. The highest BCUT2D eigenvalue weighted by Gasteiger charge is 2.15. The smallest absolute Gasteiger partial charge is 0.314 e. The Hall–Kier alpha value is -1.53. The van der Waals surface area contributed by atoms with Crippen LogP contribution in [0.4, 0.5) is 4.79 Å². The second-order valence-electron chi connectivity index (χ2n) is 5.69. The number of piperidine rings is 1. The molecule has 0 radical (unpaired) electrons. The van der Waals surface area contributed by atoms with Gasteiger partial charge in [-0.25, -0.2) is 4.79 Å². The number of amides is 2. The van der Waals surface area contributed by atoms with E-state index in [0.717, 1.165) is 25.6 Å². The number of furan rings is 1. The molecule has 2 rings (SSSR count). The fourth-order valence-corrected chi connectivity index (χ4v) is 2.45. The zero-order valence-corrected chi connectivity index (χ0v) is 12.5. The van der Waals surface area contributed by atoms with Crippen LogP contribution in [0.15, 0.2) is 22.8 Å². The van der Waals surface area contributed by atoms with Crippen molar-refractivity contribution in [3.63, 3.8) is 0 Å². The zero-order chi connectivity index (χ0) is 15.1. The van der Waals surface area contributed by atoms with Gasteiger partial charge >= 0.3 is 6.03 Å². The number of nitrogens with zero attached hydrogens (tertiary/aromatic N) is 1. The monoisotopic (exact) mass is 295 g/mol. The zero-order valence-electron chi connectivity index (χ0n) is 12.5. The molecular formula is C15H25N3O3. The fraction of sp³-hybridized carbons (Fsp3) is 0.667. The second kappa shape index (κ2) is 8.05.